The molecule has 2 bridgehead atoms. The van der Waals surface area contributed by atoms with Gasteiger partial charge in [-0.05, 0) is 50.6 Å². The number of nitrogens with two attached hydrogens (primary N) is 1. The van der Waals surface area contributed by atoms with Crippen molar-refractivity contribution in [3.05, 3.63) is 52.6 Å². The number of fused-ring (bicyclic) bond motifs is 4. The Morgan fingerprint density at radius 1 is 1.27 bits per heavy atom. The van der Waals surface area contributed by atoms with Gasteiger partial charge < -0.3 is 15.2 Å². The van der Waals surface area contributed by atoms with Crippen molar-refractivity contribution < 1.29 is 4.79 Å². The number of hydrogen-bond donors (Lipinski definition) is 1. The van der Waals surface area contributed by atoms with Crippen LogP contribution in [0.2, 0.25) is 0 Å². The second-order valence-electron chi connectivity index (χ2n) is 8.66. The minimum Gasteiger partial charge on any atom is -0.340 e. The van der Waals surface area contributed by atoms with Crippen molar-refractivity contribution in [3.63, 3.8) is 0 Å². The van der Waals surface area contributed by atoms with Crippen LogP contribution in [0.3, 0.4) is 0 Å². The molecule has 2 aliphatic heterocycles. The zero-order valence-corrected chi connectivity index (χ0v) is 19.2. The van der Waals surface area contributed by atoms with Crippen LogP contribution in [-0.2, 0) is 11.3 Å². The Morgan fingerprint density at radius 2 is 2.03 bits per heavy atom. The van der Waals surface area contributed by atoms with Gasteiger partial charge in [0.05, 0.1) is 11.7 Å². The zero-order chi connectivity index (χ0) is 20.8. The number of halogens is 1. The first kappa shape index (κ1) is 22.8. The lowest BCUT2D eigenvalue weighted by atomic mass is 9.82. The highest BCUT2D eigenvalue weighted by Crippen LogP contribution is 2.37. The minimum atomic E-state index is -0.543. The molecular formula is C22H29ClN4O2S. The van der Waals surface area contributed by atoms with Gasteiger partial charge in [-0.1, -0.05) is 6.07 Å². The molecule has 2 aromatic heterocycles. The van der Waals surface area contributed by atoms with E-state index in [-0.39, 0.29) is 40.5 Å². The van der Waals surface area contributed by atoms with Gasteiger partial charge in [-0.15, -0.1) is 12.4 Å². The van der Waals surface area contributed by atoms with E-state index in [1.165, 1.54) is 0 Å². The first-order chi connectivity index (χ1) is 13.8. The maximum atomic E-state index is 13.1. The Kier molecular flexibility index (Phi) is 6.65. The molecule has 3 atom stereocenters. The lowest BCUT2D eigenvalue weighted by Gasteiger charge is -2.44. The Balaban J connectivity index is 0.00000256. The van der Waals surface area contributed by atoms with E-state index in [4.69, 9.17) is 5.73 Å². The van der Waals surface area contributed by atoms with Crippen molar-refractivity contribution in [1.82, 2.24) is 14.5 Å². The quantitative estimate of drug-likeness (QED) is 0.777. The normalized spacial score (nSPS) is 21.4. The Labute approximate surface area is 187 Å². The molecule has 0 aliphatic carbocycles. The summed E-state index contributed by atoms with van der Waals surface area (Å²) in [5, 5.41) is 0. The molecule has 2 N–H and O–H groups in total. The van der Waals surface area contributed by atoms with Crippen LogP contribution in [0.5, 0.6) is 0 Å². The highest BCUT2D eigenvalue weighted by Gasteiger charge is 2.40. The second kappa shape index (κ2) is 8.73. The molecule has 162 valence electrons. The number of hydrogen-bond acceptors (Lipinski definition) is 5. The van der Waals surface area contributed by atoms with Crippen molar-refractivity contribution in [2.45, 2.75) is 43.5 Å². The van der Waals surface area contributed by atoms with Crippen LogP contribution < -0.4 is 11.3 Å². The van der Waals surface area contributed by atoms with Crippen molar-refractivity contribution in [1.29, 1.82) is 0 Å². The first-order valence-corrected chi connectivity index (χ1v) is 11.3. The van der Waals surface area contributed by atoms with Gasteiger partial charge in [-0.25, -0.2) is 0 Å². The van der Waals surface area contributed by atoms with E-state index in [1.54, 1.807) is 24.0 Å². The van der Waals surface area contributed by atoms with Crippen molar-refractivity contribution in [2.24, 2.45) is 11.7 Å². The SMILES string of the molecule is CSC(C)(C)[C@H](N)C(=O)N1C[C@@H]2C[C@H](C1)c1cc(-c3ccccn3)cc(=O)n1C2.Cl. The van der Waals surface area contributed by atoms with E-state index in [1.807, 2.05) is 47.8 Å². The number of nitrogens with zero attached hydrogens (tertiary/aromatic N) is 3. The molecule has 0 unspecified atom stereocenters. The zero-order valence-electron chi connectivity index (χ0n) is 17.6. The third kappa shape index (κ3) is 4.15. The molecule has 6 nitrogen and oxygen atoms in total. The molecule has 1 saturated heterocycles. The smallest absolute Gasteiger partial charge is 0.251 e. The summed E-state index contributed by atoms with van der Waals surface area (Å²) in [4.78, 5) is 32.2. The molecule has 4 heterocycles. The molecule has 0 spiro atoms. The van der Waals surface area contributed by atoms with Crippen LogP contribution in [0.1, 0.15) is 31.9 Å². The average molecular weight is 449 g/mol. The van der Waals surface area contributed by atoms with Crippen LogP contribution in [0.25, 0.3) is 11.3 Å². The van der Waals surface area contributed by atoms with E-state index in [0.717, 1.165) is 23.4 Å². The molecule has 0 aromatic carbocycles. The van der Waals surface area contributed by atoms with E-state index in [0.29, 0.717) is 19.6 Å². The first-order valence-electron chi connectivity index (χ1n) is 10.1. The molecule has 30 heavy (non-hydrogen) atoms. The Morgan fingerprint density at radius 3 is 2.70 bits per heavy atom. The second-order valence-corrected chi connectivity index (χ2v) is 10.1. The van der Waals surface area contributed by atoms with Crippen LogP contribution in [-0.4, -0.2) is 50.5 Å². The molecule has 1 amide bonds. The topological polar surface area (TPSA) is 81.2 Å². The highest BCUT2D eigenvalue weighted by atomic mass is 35.5. The number of aromatic nitrogens is 2. The number of piperidine rings is 1. The summed E-state index contributed by atoms with van der Waals surface area (Å²) in [7, 11) is 0. The predicted octanol–water partition coefficient (Wildman–Crippen LogP) is 2.75. The van der Waals surface area contributed by atoms with Gasteiger partial charge in [-0.3, -0.25) is 14.6 Å². The monoisotopic (exact) mass is 448 g/mol. The third-order valence-electron chi connectivity index (χ3n) is 6.37. The number of likely N-dealkylation sites (tertiary alicyclic amines) is 1. The molecule has 1 fully saturated rings. The van der Waals surface area contributed by atoms with Gasteiger partial charge in [0.2, 0.25) is 5.91 Å². The third-order valence-corrected chi connectivity index (χ3v) is 7.68. The fourth-order valence-electron chi connectivity index (χ4n) is 4.44. The average Bonchev–Trinajstić information content (AvgIpc) is 2.73. The number of thioether (sulfide) groups is 1. The summed E-state index contributed by atoms with van der Waals surface area (Å²) in [6.45, 7) is 5.95. The number of carbonyl (C=O) groups excluding carboxylic acids is 1. The standard InChI is InChI=1S/C22H28N4O2S.ClH/c1-22(2,29-3)20(23)21(28)25-11-14-8-16(13-25)18-9-15(10-19(27)26(18)12-14)17-6-4-5-7-24-17;/h4-7,9-10,14,16,20H,8,11-13,23H2,1-3H3;1H/t14-,16+,20+;/m0./s1. The summed E-state index contributed by atoms with van der Waals surface area (Å²) >= 11 is 1.61. The van der Waals surface area contributed by atoms with Crippen LogP contribution in [0, 0.1) is 5.92 Å². The lowest BCUT2D eigenvalue weighted by Crippen LogP contribution is -2.57. The van der Waals surface area contributed by atoms with Gasteiger partial charge in [0, 0.05) is 53.8 Å². The number of pyridine rings is 2. The fraction of sp³-hybridized carbons (Fsp3) is 0.500. The highest BCUT2D eigenvalue weighted by molar-refractivity contribution is 8.00. The Hall–Kier alpha value is -1.83. The van der Waals surface area contributed by atoms with Crippen LogP contribution in [0.4, 0.5) is 0 Å². The maximum Gasteiger partial charge on any atom is 0.251 e. The van der Waals surface area contributed by atoms with E-state index < -0.39 is 6.04 Å². The molecule has 0 radical (unpaired) electrons. The van der Waals surface area contributed by atoms with E-state index in [9.17, 15) is 9.59 Å². The number of amides is 1. The summed E-state index contributed by atoms with van der Waals surface area (Å²) in [6, 6.07) is 8.90. The van der Waals surface area contributed by atoms with Crippen molar-refractivity contribution >= 4 is 30.1 Å². The fourth-order valence-corrected chi connectivity index (χ4v) is 4.80. The van der Waals surface area contributed by atoms with E-state index >= 15 is 0 Å². The molecule has 0 saturated carbocycles. The van der Waals surface area contributed by atoms with Gasteiger partial charge in [0.25, 0.3) is 5.56 Å². The lowest BCUT2D eigenvalue weighted by molar-refractivity contribution is -0.135. The number of rotatable bonds is 4. The number of carbonyl (C=O) groups is 1. The summed E-state index contributed by atoms with van der Waals surface area (Å²) in [6.07, 6.45) is 4.72. The largest absolute Gasteiger partial charge is 0.340 e. The summed E-state index contributed by atoms with van der Waals surface area (Å²) < 4.78 is 1.57. The van der Waals surface area contributed by atoms with Crippen LogP contribution in [0.15, 0.2) is 41.3 Å². The molecular weight excluding hydrogens is 420 g/mol. The van der Waals surface area contributed by atoms with Gasteiger partial charge in [0.1, 0.15) is 0 Å². The summed E-state index contributed by atoms with van der Waals surface area (Å²) in [5.41, 5.74) is 8.98. The van der Waals surface area contributed by atoms with Crippen molar-refractivity contribution in [3.8, 4) is 11.3 Å². The van der Waals surface area contributed by atoms with Gasteiger partial charge in [-0.2, -0.15) is 11.8 Å². The molecule has 2 aliphatic rings. The summed E-state index contributed by atoms with van der Waals surface area (Å²) in [5.74, 6) is 0.441. The van der Waals surface area contributed by atoms with Gasteiger partial charge >= 0.3 is 0 Å². The van der Waals surface area contributed by atoms with Gasteiger partial charge in [0.15, 0.2) is 0 Å². The van der Waals surface area contributed by atoms with E-state index in [2.05, 4.69) is 11.1 Å². The minimum absolute atomic E-state index is 0. The molecule has 4 rings (SSSR count). The Bertz CT molecular complexity index is 979. The predicted molar refractivity (Wildman–Crippen MR) is 124 cm³/mol. The maximum absolute atomic E-state index is 13.1. The van der Waals surface area contributed by atoms with Crippen LogP contribution >= 0.6 is 24.2 Å². The molecule has 8 heteroatoms. The molecule has 2 aromatic rings. The van der Waals surface area contributed by atoms with Crippen molar-refractivity contribution in [2.75, 3.05) is 19.3 Å².